The molecule has 1 aromatic rings. The molecule has 1 aromatic heterocycles. The smallest absolute Gasteiger partial charge is 0.234 e. The SMILES string of the molecule is CCC(NCC(C)(C)c1cccs1)C(N)=O. The minimum absolute atomic E-state index is 0.0387. The molecule has 0 aliphatic heterocycles. The molecule has 3 N–H and O–H groups in total. The van der Waals surface area contributed by atoms with Crippen molar-refractivity contribution < 1.29 is 4.79 Å². The summed E-state index contributed by atoms with van der Waals surface area (Å²) in [7, 11) is 0. The van der Waals surface area contributed by atoms with Gasteiger partial charge in [0.15, 0.2) is 0 Å². The highest BCUT2D eigenvalue weighted by atomic mass is 32.1. The third-order valence-electron chi connectivity index (χ3n) is 2.73. The number of primary amides is 1. The van der Waals surface area contributed by atoms with Crippen LogP contribution in [0.3, 0.4) is 0 Å². The van der Waals surface area contributed by atoms with Crippen molar-refractivity contribution in [1.82, 2.24) is 5.32 Å². The van der Waals surface area contributed by atoms with Crippen molar-refractivity contribution in [2.24, 2.45) is 5.73 Å². The monoisotopic (exact) mass is 240 g/mol. The molecule has 0 bridgehead atoms. The average Bonchev–Trinajstić information content (AvgIpc) is 2.71. The van der Waals surface area contributed by atoms with Crippen LogP contribution in [-0.2, 0) is 10.2 Å². The van der Waals surface area contributed by atoms with Crippen LogP contribution in [-0.4, -0.2) is 18.5 Å². The highest BCUT2D eigenvalue weighted by molar-refractivity contribution is 7.10. The first kappa shape index (κ1) is 13.2. The van der Waals surface area contributed by atoms with Crippen molar-refractivity contribution >= 4 is 17.2 Å². The van der Waals surface area contributed by atoms with Gasteiger partial charge < -0.3 is 11.1 Å². The molecule has 0 aliphatic carbocycles. The summed E-state index contributed by atoms with van der Waals surface area (Å²) in [5.74, 6) is -0.274. The van der Waals surface area contributed by atoms with Crippen LogP contribution in [0.4, 0.5) is 0 Å². The Balaban J connectivity index is 2.57. The van der Waals surface area contributed by atoms with Crippen molar-refractivity contribution in [2.75, 3.05) is 6.54 Å². The predicted molar refractivity (Wildman–Crippen MR) is 68.6 cm³/mol. The van der Waals surface area contributed by atoms with E-state index in [0.29, 0.717) is 0 Å². The maximum absolute atomic E-state index is 11.1. The molecule has 1 atom stereocenters. The van der Waals surface area contributed by atoms with Crippen LogP contribution in [0.25, 0.3) is 0 Å². The van der Waals surface area contributed by atoms with E-state index in [4.69, 9.17) is 5.73 Å². The highest BCUT2D eigenvalue weighted by Crippen LogP contribution is 2.26. The Labute approximate surface area is 101 Å². The number of carbonyl (C=O) groups is 1. The van der Waals surface area contributed by atoms with E-state index < -0.39 is 0 Å². The van der Waals surface area contributed by atoms with Crippen LogP contribution in [0.15, 0.2) is 17.5 Å². The molecule has 0 fully saturated rings. The van der Waals surface area contributed by atoms with E-state index in [1.54, 1.807) is 11.3 Å². The van der Waals surface area contributed by atoms with Crippen molar-refractivity contribution in [3.63, 3.8) is 0 Å². The topological polar surface area (TPSA) is 55.1 Å². The van der Waals surface area contributed by atoms with Gasteiger partial charge in [0.05, 0.1) is 6.04 Å². The second kappa shape index (κ2) is 5.46. The third-order valence-corrected chi connectivity index (χ3v) is 3.97. The van der Waals surface area contributed by atoms with Crippen molar-refractivity contribution in [3.05, 3.63) is 22.4 Å². The molecule has 0 spiro atoms. The number of amides is 1. The molecule has 1 unspecified atom stereocenters. The van der Waals surface area contributed by atoms with Gasteiger partial charge in [-0.1, -0.05) is 26.8 Å². The number of rotatable bonds is 6. The summed E-state index contributed by atoms with van der Waals surface area (Å²) in [5.41, 5.74) is 5.34. The molecule has 0 aliphatic rings. The molecule has 90 valence electrons. The highest BCUT2D eigenvalue weighted by Gasteiger charge is 2.23. The van der Waals surface area contributed by atoms with E-state index in [9.17, 15) is 4.79 Å². The van der Waals surface area contributed by atoms with Gasteiger partial charge in [0.25, 0.3) is 0 Å². The van der Waals surface area contributed by atoms with E-state index in [-0.39, 0.29) is 17.4 Å². The molecule has 0 radical (unpaired) electrons. The van der Waals surface area contributed by atoms with Crippen LogP contribution >= 0.6 is 11.3 Å². The minimum atomic E-state index is -0.274. The summed E-state index contributed by atoms with van der Waals surface area (Å²) < 4.78 is 0. The van der Waals surface area contributed by atoms with Gasteiger partial charge >= 0.3 is 0 Å². The Hall–Kier alpha value is -0.870. The summed E-state index contributed by atoms with van der Waals surface area (Å²) in [5, 5.41) is 5.30. The van der Waals surface area contributed by atoms with Gasteiger partial charge in [0.1, 0.15) is 0 Å². The minimum Gasteiger partial charge on any atom is -0.368 e. The Morgan fingerprint density at radius 3 is 2.75 bits per heavy atom. The Morgan fingerprint density at radius 1 is 1.62 bits per heavy atom. The molecule has 1 heterocycles. The summed E-state index contributed by atoms with van der Waals surface area (Å²) >= 11 is 1.74. The van der Waals surface area contributed by atoms with E-state index in [0.717, 1.165) is 13.0 Å². The van der Waals surface area contributed by atoms with Crippen LogP contribution in [0.1, 0.15) is 32.1 Å². The Bertz CT molecular complexity index is 333. The summed E-state index contributed by atoms with van der Waals surface area (Å²) in [4.78, 5) is 12.4. The van der Waals surface area contributed by atoms with Crippen LogP contribution in [0.5, 0.6) is 0 Å². The number of hydrogen-bond donors (Lipinski definition) is 2. The fourth-order valence-corrected chi connectivity index (χ4v) is 2.43. The molecule has 1 rings (SSSR count). The lowest BCUT2D eigenvalue weighted by Gasteiger charge is -2.26. The molecule has 0 saturated carbocycles. The van der Waals surface area contributed by atoms with E-state index in [1.165, 1.54) is 4.88 Å². The summed E-state index contributed by atoms with van der Waals surface area (Å²) in [6, 6.07) is 3.95. The standard InChI is InChI=1S/C12H20N2OS/c1-4-9(11(13)15)14-8-12(2,3)10-6-5-7-16-10/h5-7,9,14H,4,8H2,1-3H3,(H2,13,15). The number of nitrogens with one attached hydrogen (secondary N) is 1. The van der Waals surface area contributed by atoms with E-state index in [2.05, 4.69) is 30.6 Å². The van der Waals surface area contributed by atoms with Gasteiger partial charge in [-0.2, -0.15) is 0 Å². The maximum atomic E-state index is 11.1. The zero-order valence-electron chi connectivity index (χ0n) is 10.1. The lowest BCUT2D eigenvalue weighted by atomic mass is 9.91. The molecule has 16 heavy (non-hydrogen) atoms. The van der Waals surface area contributed by atoms with Crippen LogP contribution in [0, 0.1) is 0 Å². The van der Waals surface area contributed by atoms with Gasteiger partial charge in [0.2, 0.25) is 5.91 Å². The zero-order valence-corrected chi connectivity index (χ0v) is 10.9. The largest absolute Gasteiger partial charge is 0.368 e. The van der Waals surface area contributed by atoms with E-state index in [1.807, 2.05) is 13.0 Å². The summed E-state index contributed by atoms with van der Waals surface area (Å²) in [6.07, 6.45) is 0.732. The van der Waals surface area contributed by atoms with Gasteiger partial charge in [0, 0.05) is 16.8 Å². The normalized spacial score (nSPS) is 13.7. The lowest BCUT2D eigenvalue weighted by molar-refractivity contribution is -0.120. The molecule has 3 nitrogen and oxygen atoms in total. The molecule has 0 aromatic carbocycles. The predicted octanol–water partition coefficient (Wildman–Crippen LogP) is 1.88. The fourth-order valence-electron chi connectivity index (χ4n) is 1.58. The Morgan fingerprint density at radius 2 is 2.31 bits per heavy atom. The second-order valence-corrected chi connectivity index (χ2v) is 5.55. The number of thiophene rings is 1. The first-order valence-corrected chi connectivity index (χ1v) is 6.42. The first-order valence-electron chi connectivity index (χ1n) is 5.54. The average molecular weight is 240 g/mol. The number of nitrogens with two attached hydrogens (primary N) is 1. The molecule has 1 amide bonds. The first-order chi connectivity index (χ1) is 7.47. The second-order valence-electron chi connectivity index (χ2n) is 4.61. The summed E-state index contributed by atoms with van der Waals surface area (Å²) in [6.45, 7) is 7.05. The molecule has 4 heteroatoms. The quantitative estimate of drug-likeness (QED) is 0.797. The van der Waals surface area contributed by atoms with Crippen molar-refractivity contribution in [2.45, 2.75) is 38.6 Å². The zero-order chi connectivity index (χ0) is 12.2. The third kappa shape index (κ3) is 3.32. The maximum Gasteiger partial charge on any atom is 0.234 e. The number of hydrogen-bond acceptors (Lipinski definition) is 3. The number of carbonyl (C=O) groups excluding carboxylic acids is 1. The van der Waals surface area contributed by atoms with Gasteiger partial charge in [-0.3, -0.25) is 4.79 Å². The van der Waals surface area contributed by atoms with Crippen molar-refractivity contribution in [3.8, 4) is 0 Å². The van der Waals surface area contributed by atoms with Gasteiger partial charge in [-0.05, 0) is 17.9 Å². The van der Waals surface area contributed by atoms with Crippen molar-refractivity contribution in [1.29, 1.82) is 0 Å². The van der Waals surface area contributed by atoms with Crippen LogP contribution in [0.2, 0.25) is 0 Å². The fraction of sp³-hybridized carbons (Fsp3) is 0.583. The van der Waals surface area contributed by atoms with Gasteiger partial charge in [-0.25, -0.2) is 0 Å². The Kier molecular flexibility index (Phi) is 4.50. The molecular weight excluding hydrogens is 220 g/mol. The van der Waals surface area contributed by atoms with Gasteiger partial charge in [-0.15, -0.1) is 11.3 Å². The van der Waals surface area contributed by atoms with Crippen LogP contribution < -0.4 is 11.1 Å². The lowest BCUT2D eigenvalue weighted by Crippen LogP contribution is -2.45. The molecule has 0 saturated heterocycles. The van der Waals surface area contributed by atoms with E-state index >= 15 is 0 Å². The molecular formula is C12H20N2OS.